The summed E-state index contributed by atoms with van der Waals surface area (Å²) in [6.45, 7) is 0. The first-order chi connectivity index (χ1) is 44.2. The van der Waals surface area contributed by atoms with Crippen LogP contribution in [-0.4, -0.2) is 0 Å². The van der Waals surface area contributed by atoms with Crippen LogP contribution in [0.2, 0.25) is 0 Å². The van der Waals surface area contributed by atoms with Crippen molar-refractivity contribution in [2.45, 2.75) is 5.41 Å². The van der Waals surface area contributed by atoms with Crippen LogP contribution in [0.25, 0.3) is 121 Å². The van der Waals surface area contributed by atoms with E-state index in [2.05, 4.69) is 313 Å². The molecule has 0 saturated heterocycles. The van der Waals surface area contributed by atoms with Gasteiger partial charge >= 0.3 is 0 Å². The van der Waals surface area contributed by atoms with Crippen molar-refractivity contribution in [2.75, 3.05) is 9.80 Å². The molecule has 2 heterocycles. The second-order valence-electron chi connectivity index (χ2n) is 23.8. The Bertz CT molecular complexity index is 5730. The highest BCUT2D eigenvalue weighted by Crippen LogP contribution is 2.67. The van der Waals surface area contributed by atoms with Gasteiger partial charge in [0.15, 0.2) is 11.2 Å². The maximum Gasteiger partial charge on any atom is 0.159 e. The lowest BCUT2D eigenvalue weighted by atomic mass is 9.68. The summed E-state index contributed by atoms with van der Waals surface area (Å²) < 4.78 is 13.4. The van der Waals surface area contributed by atoms with Crippen molar-refractivity contribution >= 4 is 110 Å². The normalized spacial score (nSPS) is 12.8. The van der Waals surface area contributed by atoms with Gasteiger partial charge in [-0.2, -0.15) is 0 Å². The van der Waals surface area contributed by atoms with Gasteiger partial charge in [0.25, 0.3) is 0 Å². The molecule has 0 fully saturated rings. The molecule has 1 spiro atoms. The molecule has 0 N–H and O–H groups in total. The van der Waals surface area contributed by atoms with E-state index < -0.39 is 5.41 Å². The van der Waals surface area contributed by atoms with E-state index in [0.29, 0.717) is 0 Å². The van der Waals surface area contributed by atoms with Gasteiger partial charge in [0, 0.05) is 44.3 Å². The summed E-state index contributed by atoms with van der Waals surface area (Å²) in [6, 6.07) is 116. The first-order valence-corrected chi connectivity index (χ1v) is 30.6. The number of para-hydroxylation sites is 6. The number of benzene rings is 15. The Labute approximate surface area is 513 Å². The summed E-state index contributed by atoms with van der Waals surface area (Å²) in [5, 5.41) is 11.8. The smallest absolute Gasteiger partial charge is 0.159 e. The fraction of sp³-hybridized carbons (Fsp3) is 0.0118. The molecule has 0 bridgehead atoms. The average Bonchev–Trinajstić information content (AvgIpc) is 1.49. The number of hydrogen-bond acceptors (Lipinski definition) is 4. The Morgan fingerprint density at radius 2 is 0.697 bits per heavy atom. The van der Waals surface area contributed by atoms with Crippen molar-refractivity contribution in [1.82, 2.24) is 0 Å². The average molecular weight is 1130 g/mol. The minimum absolute atomic E-state index is 0.635. The molecular weight excluding hydrogens is 1080 g/mol. The molecule has 4 heteroatoms. The van der Waals surface area contributed by atoms with Gasteiger partial charge in [-0.1, -0.05) is 231 Å². The molecule has 89 heavy (non-hydrogen) atoms. The Morgan fingerprint density at radius 1 is 0.247 bits per heavy atom. The van der Waals surface area contributed by atoms with Crippen LogP contribution in [0.3, 0.4) is 0 Å². The van der Waals surface area contributed by atoms with Gasteiger partial charge in [0.2, 0.25) is 0 Å². The maximum atomic E-state index is 6.71. The maximum absolute atomic E-state index is 6.71. The zero-order valence-corrected chi connectivity index (χ0v) is 48.2. The molecule has 0 amide bonds. The first kappa shape index (κ1) is 49.5. The zero-order valence-electron chi connectivity index (χ0n) is 48.2. The quantitative estimate of drug-likeness (QED) is 0.142. The van der Waals surface area contributed by atoms with E-state index in [9.17, 15) is 0 Å². The van der Waals surface area contributed by atoms with E-state index in [0.717, 1.165) is 100 Å². The Balaban J connectivity index is 0.790. The molecule has 19 rings (SSSR count). The van der Waals surface area contributed by atoms with Crippen LogP contribution >= 0.6 is 0 Å². The van der Waals surface area contributed by atoms with Gasteiger partial charge in [-0.25, -0.2) is 0 Å². The molecule has 0 saturated carbocycles. The summed E-state index contributed by atoms with van der Waals surface area (Å²) in [5.41, 5.74) is 24.0. The standard InChI is InChI=1S/C85H52N2O2/c1-3-23-58(24-4-1)86(76-39-19-35-70-66-32-11-15-41-78(66)88-83(70)76)60-27-17-21-53(50-60)55-43-46-62-57(49-55)45-48-72-80-68-34-8-7-29-63(68)73-52-56(44-47-69(73)82(80)85(81(62)72)74-37-13-9-30-64(74)65-31-10-14-38-75(65)85)54-22-18-28-61(51-54)87(59-25-5-2-6-26-59)77-40-20-36-71-67-33-12-16-42-79(67)89-84(71)77/h1-52H. The van der Waals surface area contributed by atoms with Crippen LogP contribution < -0.4 is 9.80 Å². The molecule has 15 aromatic carbocycles. The van der Waals surface area contributed by atoms with E-state index in [1.807, 2.05) is 12.1 Å². The van der Waals surface area contributed by atoms with Gasteiger partial charge in [-0.3, -0.25) is 0 Å². The predicted octanol–water partition coefficient (Wildman–Crippen LogP) is 23.6. The molecule has 0 radical (unpaired) electrons. The van der Waals surface area contributed by atoms with Crippen LogP contribution in [0, 0.1) is 0 Å². The van der Waals surface area contributed by atoms with Crippen molar-refractivity contribution < 1.29 is 8.83 Å². The topological polar surface area (TPSA) is 32.8 Å². The van der Waals surface area contributed by atoms with Crippen LogP contribution in [0.1, 0.15) is 22.3 Å². The molecule has 0 atom stereocenters. The van der Waals surface area contributed by atoms with Crippen molar-refractivity contribution in [2.24, 2.45) is 0 Å². The van der Waals surface area contributed by atoms with Crippen LogP contribution in [-0.2, 0) is 5.41 Å². The molecule has 2 aliphatic carbocycles. The Kier molecular flexibility index (Phi) is 10.7. The van der Waals surface area contributed by atoms with Crippen LogP contribution in [0.4, 0.5) is 34.1 Å². The Morgan fingerprint density at radius 3 is 1.28 bits per heavy atom. The van der Waals surface area contributed by atoms with E-state index in [1.54, 1.807) is 0 Å². The fourth-order valence-electron chi connectivity index (χ4n) is 15.5. The number of furan rings is 2. The van der Waals surface area contributed by atoms with E-state index in [1.165, 1.54) is 76.8 Å². The molecule has 4 nitrogen and oxygen atoms in total. The molecule has 2 aliphatic rings. The lowest BCUT2D eigenvalue weighted by Crippen LogP contribution is -2.26. The molecule has 17 aromatic rings. The van der Waals surface area contributed by atoms with E-state index in [-0.39, 0.29) is 0 Å². The van der Waals surface area contributed by atoms with E-state index >= 15 is 0 Å². The lowest BCUT2D eigenvalue weighted by molar-refractivity contribution is 0.668. The monoisotopic (exact) mass is 1130 g/mol. The molecular formula is C85H52N2O2. The number of hydrogen-bond donors (Lipinski definition) is 0. The van der Waals surface area contributed by atoms with Crippen molar-refractivity contribution in [3.05, 3.63) is 338 Å². The minimum atomic E-state index is -0.635. The summed E-state index contributed by atoms with van der Waals surface area (Å²) in [4.78, 5) is 4.67. The third-order valence-electron chi connectivity index (χ3n) is 19.2. The van der Waals surface area contributed by atoms with Crippen molar-refractivity contribution in [3.8, 4) is 44.5 Å². The molecule has 2 aromatic heterocycles. The number of rotatable bonds is 8. The zero-order chi connectivity index (χ0) is 58.3. The highest BCUT2D eigenvalue weighted by atomic mass is 16.3. The molecule has 414 valence electrons. The van der Waals surface area contributed by atoms with Crippen molar-refractivity contribution in [3.63, 3.8) is 0 Å². The van der Waals surface area contributed by atoms with Crippen LogP contribution in [0.15, 0.2) is 324 Å². The number of fused-ring (bicyclic) bond motifs is 23. The third-order valence-corrected chi connectivity index (χ3v) is 19.2. The summed E-state index contributed by atoms with van der Waals surface area (Å²) >= 11 is 0. The SMILES string of the molecule is c1ccc(N(c2cccc(-c3ccc4c5c(ccc4c3)-c3c(c4ccc(-c6cccc(N(c7ccccc7)c7cccc8c7oc7ccccc78)c6)cc4c4ccccc34)C53c4ccccc4-c4ccccc43)c2)c2cccc3c2oc2ccccc23)cc1. The van der Waals surface area contributed by atoms with Gasteiger partial charge in [0.1, 0.15) is 11.2 Å². The van der Waals surface area contributed by atoms with Crippen molar-refractivity contribution in [1.29, 1.82) is 0 Å². The van der Waals surface area contributed by atoms with Gasteiger partial charge in [0.05, 0.1) is 16.8 Å². The second kappa shape index (κ2) is 19.1. The number of nitrogens with zero attached hydrogens (tertiary/aromatic N) is 2. The molecule has 0 aliphatic heterocycles. The molecule has 0 unspecified atom stereocenters. The highest BCUT2D eigenvalue weighted by molar-refractivity contribution is 6.22. The second-order valence-corrected chi connectivity index (χ2v) is 23.8. The van der Waals surface area contributed by atoms with Crippen LogP contribution in [0.5, 0.6) is 0 Å². The van der Waals surface area contributed by atoms with E-state index in [4.69, 9.17) is 8.83 Å². The lowest BCUT2D eigenvalue weighted by Gasteiger charge is -2.32. The summed E-state index contributed by atoms with van der Waals surface area (Å²) in [6.07, 6.45) is 0. The third kappa shape index (κ3) is 7.17. The largest absolute Gasteiger partial charge is 0.454 e. The summed E-state index contributed by atoms with van der Waals surface area (Å²) in [5.74, 6) is 0. The first-order valence-electron chi connectivity index (χ1n) is 30.6. The minimum Gasteiger partial charge on any atom is -0.454 e. The van der Waals surface area contributed by atoms with Gasteiger partial charge < -0.3 is 18.6 Å². The highest BCUT2D eigenvalue weighted by Gasteiger charge is 2.54. The fourth-order valence-corrected chi connectivity index (χ4v) is 15.5. The van der Waals surface area contributed by atoms with Gasteiger partial charge in [-0.15, -0.1) is 0 Å². The number of anilines is 6. The van der Waals surface area contributed by atoms with Gasteiger partial charge in [-0.05, 0) is 184 Å². The Hall–Kier alpha value is -11.7. The predicted molar refractivity (Wildman–Crippen MR) is 370 cm³/mol. The summed E-state index contributed by atoms with van der Waals surface area (Å²) in [7, 11) is 0.